The van der Waals surface area contributed by atoms with Crippen molar-refractivity contribution in [1.29, 1.82) is 0 Å². The van der Waals surface area contributed by atoms with Gasteiger partial charge in [-0.25, -0.2) is 0 Å². The first kappa shape index (κ1) is 20.3. The molecule has 26 heavy (non-hydrogen) atoms. The zero-order valence-corrected chi connectivity index (χ0v) is 15.8. The maximum Gasteiger partial charge on any atom is 0.313 e. The summed E-state index contributed by atoms with van der Waals surface area (Å²) in [6.07, 6.45) is 4.31. The fourth-order valence-corrected chi connectivity index (χ4v) is 3.78. The maximum absolute atomic E-state index is 12.2. The van der Waals surface area contributed by atoms with E-state index in [0.717, 1.165) is 31.2 Å². The first-order chi connectivity index (χ1) is 12.4. The van der Waals surface area contributed by atoms with Crippen LogP contribution in [-0.4, -0.2) is 34.7 Å². The summed E-state index contributed by atoms with van der Waals surface area (Å²) in [4.78, 5) is 34.9. The van der Waals surface area contributed by atoms with Gasteiger partial charge in [-0.2, -0.15) is 0 Å². The molecule has 2 amide bonds. The summed E-state index contributed by atoms with van der Waals surface area (Å²) in [5.41, 5.74) is 1.63. The number of carbonyl (C=O) groups is 3. The van der Waals surface area contributed by atoms with Crippen LogP contribution in [0.5, 0.6) is 0 Å². The van der Waals surface area contributed by atoms with Crippen LogP contribution in [0.3, 0.4) is 0 Å². The molecule has 0 spiro atoms. The van der Waals surface area contributed by atoms with Gasteiger partial charge >= 0.3 is 5.97 Å². The molecule has 1 aromatic rings. The highest BCUT2D eigenvalue weighted by Gasteiger charge is 2.24. The van der Waals surface area contributed by atoms with Gasteiger partial charge in [0.1, 0.15) is 0 Å². The van der Waals surface area contributed by atoms with E-state index < -0.39 is 5.97 Å². The quantitative estimate of drug-likeness (QED) is 0.614. The molecule has 0 aromatic heterocycles. The van der Waals surface area contributed by atoms with Crippen molar-refractivity contribution >= 4 is 35.2 Å². The topological polar surface area (TPSA) is 95.5 Å². The standard InChI is InChI=1S/C19H26N2O4S/c1-13(20-19(25)15-6-2-3-7-15)9-17(22)21-16-8-4-5-14(10-16)11-26-12-18(23)24/h4-5,8,10,13,15H,2-3,6-7,9,11-12H2,1H3,(H,20,25)(H,21,22)(H,23,24). The number of nitrogens with one attached hydrogen (secondary N) is 2. The van der Waals surface area contributed by atoms with Crippen LogP contribution in [0.25, 0.3) is 0 Å². The number of benzene rings is 1. The fraction of sp³-hybridized carbons (Fsp3) is 0.526. The van der Waals surface area contributed by atoms with Crippen molar-refractivity contribution in [3.05, 3.63) is 29.8 Å². The molecule has 1 fully saturated rings. The number of carboxylic acid groups (broad SMARTS) is 1. The van der Waals surface area contributed by atoms with Gasteiger partial charge in [0.2, 0.25) is 11.8 Å². The highest BCUT2D eigenvalue weighted by molar-refractivity contribution is 7.99. The summed E-state index contributed by atoms with van der Waals surface area (Å²) in [7, 11) is 0. The number of carboxylic acids is 1. The third kappa shape index (κ3) is 7.07. The van der Waals surface area contributed by atoms with Gasteiger partial charge in [0, 0.05) is 29.8 Å². The number of anilines is 1. The van der Waals surface area contributed by atoms with Crippen LogP contribution >= 0.6 is 11.8 Å². The van der Waals surface area contributed by atoms with Gasteiger partial charge in [0.05, 0.1) is 5.75 Å². The van der Waals surface area contributed by atoms with Gasteiger partial charge in [-0.1, -0.05) is 25.0 Å². The van der Waals surface area contributed by atoms with Crippen LogP contribution in [0.15, 0.2) is 24.3 Å². The van der Waals surface area contributed by atoms with Crippen LogP contribution in [0.4, 0.5) is 5.69 Å². The smallest absolute Gasteiger partial charge is 0.313 e. The van der Waals surface area contributed by atoms with E-state index in [-0.39, 0.29) is 35.9 Å². The number of carbonyl (C=O) groups excluding carboxylic acids is 2. The molecule has 0 saturated heterocycles. The number of hydrogen-bond acceptors (Lipinski definition) is 4. The van der Waals surface area contributed by atoms with Crippen molar-refractivity contribution in [1.82, 2.24) is 5.32 Å². The number of aliphatic carboxylic acids is 1. The SMILES string of the molecule is CC(CC(=O)Nc1cccc(CSCC(=O)O)c1)NC(=O)C1CCCC1. The van der Waals surface area contributed by atoms with Crippen molar-refractivity contribution in [3.63, 3.8) is 0 Å². The largest absolute Gasteiger partial charge is 0.481 e. The third-order valence-electron chi connectivity index (χ3n) is 4.31. The van der Waals surface area contributed by atoms with Gasteiger partial charge < -0.3 is 15.7 Å². The Hall–Kier alpha value is -2.02. The second-order valence-electron chi connectivity index (χ2n) is 6.73. The molecule has 1 aromatic carbocycles. The van der Waals surface area contributed by atoms with Gasteiger partial charge in [-0.3, -0.25) is 14.4 Å². The highest BCUT2D eigenvalue weighted by atomic mass is 32.2. The zero-order valence-electron chi connectivity index (χ0n) is 15.0. The summed E-state index contributed by atoms with van der Waals surface area (Å²) < 4.78 is 0. The van der Waals surface area contributed by atoms with Crippen LogP contribution in [0, 0.1) is 5.92 Å². The molecule has 1 saturated carbocycles. The molecular weight excluding hydrogens is 352 g/mol. The number of amides is 2. The minimum atomic E-state index is -0.840. The van der Waals surface area contributed by atoms with Gasteiger partial charge in [0.25, 0.3) is 0 Å². The lowest BCUT2D eigenvalue weighted by molar-refractivity contribution is -0.134. The van der Waals surface area contributed by atoms with Crippen LogP contribution in [0.2, 0.25) is 0 Å². The van der Waals surface area contributed by atoms with Crippen molar-refractivity contribution in [2.75, 3.05) is 11.1 Å². The molecule has 7 heteroatoms. The molecule has 1 unspecified atom stereocenters. The number of thioether (sulfide) groups is 1. The summed E-state index contributed by atoms with van der Waals surface area (Å²) >= 11 is 1.31. The van der Waals surface area contributed by atoms with Crippen LogP contribution < -0.4 is 10.6 Å². The van der Waals surface area contributed by atoms with E-state index in [0.29, 0.717) is 11.4 Å². The van der Waals surface area contributed by atoms with Crippen LogP contribution in [-0.2, 0) is 20.1 Å². The Bertz CT molecular complexity index is 644. The minimum Gasteiger partial charge on any atom is -0.481 e. The summed E-state index contributed by atoms with van der Waals surface area (Å²) in [5.74, 6) is -0.216. The molecule has 1 atom stereocenters. The zero-order chi connectivity index (χ0) is 18.9. The van der Waals surface area contributed by atoms with Gasteiger partial charge in [-0.15, -0.1) is 11.8 Å². The minimum absolute atomic E-state index is 0.0504. The number of hydrogen-bond donors (Lipinski definition) is 3. The Labute approximate surface area is 158 Å². The van der Waals surface area contributed by atoms with Crippen molar-refractivity contribution in [2.45, 2.75) is 50.8 Å². The third-order valence-corrected chi connectivity index (χ3v) is 5.30. The molecule has 0 bridgehead atoms. The van der Waals surface area contributed by atoms with E-state index >= 15 is 0 Å². The Balaban J connectivity index is 1.77. The second kappa shape index (κ2) is 10.2. The predicted octanol–water partition coefficient (Wildman–Crippen LogP) is 3.03. The average Bonchev–Trinajstić information content (AvgIpc) is 3.09. The molecule has 3 N–H and O–H groups in total. The Morgan fingerprint density at radius 2 is 2.00 bits per heavy atom. The van der Waals surface area contributed by atoms with E-state index in [4.69, 9.17) is 5.11 Å². The average molecular weight is 378 g/mol. The maximum atomic E-state index is 12.2. The lowest BCUT2D eigenvalue weighted by Crippen LogP contribution is -2.38. The van der Waals surface area contributed by atoms with E-state index in [1.807, 2.05) is 25.1 Å². The van der Waals surface area contributed by atoms with E-state index in [9.17, 15) is 14.4 Å². The first-order valence-electron chi connectivity index (χ1n) is 8.92. The molecule has 1 aliphatic rings. The van der Waals surface area contributed by atoms with Gasteiger partial charge in [-0.05, 0) is 37.5 Å². The monoisotopic (exact) mass is 378 g/mol. The predicted molar refractivity (Wildman–Crippen MR) is 103 cm³/mol. The molecular formula is C19H26N2O4S. The highest BCUT2D eigenvalue weighted by Crippen LogP contribution is 2.24. The van der Waals surface area contributed by atoms with Crippen molar-refractivity contribution in [2.24, 2.45) is 5.92 Å². The summed E-state index contributed by atoms with van der Waals surface area (Å²) in [5, 5.41) is 14.4. The molecule has 1 aliphatic carbocycles. The van der Waals surface area contributed by atoms with Crippen molar-refractivity contribution in [3.8, 4) is 0 Å². The second-order valence-corrected chi connectivity index (χ2v) is 7.72. The molecule has 2 rings (SSSR count). The lowest BCUT2D eigenvalue weighted by Gasteiger charge is -2.17. The molecule has 142 valence electrons. The van der Waals surface area contributed by atoms with Crippen LogP contribution in [0.1, 0.15) is 44.6 Å². The van der Waals surface area contributed by atoms with Crippen molar-refractivity contribution < 1.29 is 19.5 Å². The molecule has 6 nitrogen and oxygen atoms in total. The number of rotatable bonds is 9. The van der Waals surface area contributed by atoms with E-state index in [2.05, 4.69) is 10.6 Å². The first-order valence-corrected chi connectivity index (χ1v) is 10.1. The van der Waals surface area contributed by atoms with E-state index in [1.54, 1.807) is 6.07 Å². The molecule has 0 aliphatic heterocycles. The normalized spacial score (nSPS) is 15.4. The molecule has 0 heterocycles. The lowest BCUT2D eigenvalue weighted by atomic mass is 10.1. The fourth-order valence-electron chi connectivity index (χ4n) is 3.08. The summed E-state index contributed by atoms with van der Waals surface area (Å²) in [6, 6.07) is 7.16. The summed E-state index contributed by atoms with van der Waals surface area (Å²) in [6.45, 7) is 1.84. The Morgan fingerprint density at radius 3 is 2.69 bits per heavy atom. The molecule has 0 radical (unpaired) electrons. The Morgan fingerprint density at radius 1 is 1.27 bits per heavy atom. The van der Waals surface area contributed by atoms with Gasteiger partial charge in [0.15, 0.2) is 0 Å². The Kier molecular flexibility index (Phi) is 7.97. The van der Waals surface area contributed by atoms with E-state index in [1.165, 1.54) is 11.8 Å².